The second-order valence-corrected chi connectivity index (χ2v) is 4.50. The van der Waals surface area contributed by atoms with Crippen LogP contribution in [-0.2, 0) is 0 Å². The largest absolute Gasteiger partial charge is 0.256 e. The van der Waals surface area contributed by atoms with Gasteiger partial charge >= 0.3 is 0 Å². The molecule has 0 aliphatic heterocycles. The molecule has 0 fully saturated rings. The highest BCUT2D eigenvalue weighted by Crippen LogP contribution is 2.27. The number of rotatable bonds is 2. The highest BCUT2D eigenvalue weighted by Gasteiger charge is 2.03. The molecule has 0 unspecified atom stereocenters. The quantitative estimate of drug-likeness (QED) is 0.623. The molecule has 1 heteroatoms. The molecule has 0 bridgehead atoms. The minimum absolute atomic E-state index is 1.06. The van der Waals surface area contributed by atoms with Crippen LogP contribution >= 0.6 is 0 Å². The predicted octanol–water partition coefficient (Wildman–Crippen LogP) is 4.93. The first-order chi connectivity index (χ1) is 9.38. The standard InChI is InChI=1S/C18H15N/c1-2-5-14-9-11-15(12-10-14)17-8-3-6-16-7-4-13-19-18(16)17/h2-13H,1H3/b5-2+. The zero-order chi connectivity index (χ0) is 13.1. The summed E-state index contributed by atoms with van der Waals surface area (Å²) in [5, 5.41) is 1.18. The predicted molar refractivity (Wildman–Crippen MR) is 81.9 cm³/mol. The van der Waals surface area contributed by atoms with Crippen molar-refractivity contribution in [2.45, 2.75) is 6.92 Å². The first kappa shape index (κ1) is 11.7. The van der Waals surface area contributed by atoms with E-state index in [1.54, 1.807) is 0 Å². The van der Waals surface area contributed by atoms with Gasteiger partial charge in [0, 0.05) is 17.1 Å². The number of aromatic nitrogens is 1. The van der Waals surface area contributed by atoms with Gasteiger partial charge in [-0.15, -0.1) is 0 Å². The molecule has 1 aromatic heterocycles. The fourth-order valence-corrected chi connectivity index (χ4v) is 2.30. The zero-order valence-corrected chi connectivity index (χ0v) is 10.9. The molecular formula is C18H15N. The van der Waals surface area contributed by atoms with Gasteiger partial charge in [-0.3, -0.25) is 4.98 Å². The van der Waals surface area contributed by atoms with Gasteiger partial charge in [-0.05, 0) is 24.1 Å². The molecule has 92 valence electrons. The monoisotopic (exact) mass is 245 g/mol. The van der Waals surface area contributed by atoms with Gasteiger partial charge in [0.25, 0.3) is 0 Å². The average molecular weight is 245 g/mol. The molecule has 0 spiro atoms. The van der Waals surface area contributed by atoms with Gasteiger partial charge in [0.15, 0.2) is 0 Å². The van der Waals surface area contributed by atoms with Crippen LogP contribution in [0, 0.1) is 0 Å². The van der Waals surface area contributed by atoms with Crippen molar-refractivity contribution in [3.05, 3.63) is 72.4 Å². The van der Waals surface area contributed by atoms with E-state index in [2.05, 4.69) is 65.7 Å². The summed E-state index contributed by atoms with van der Waals surface area (Å²) in [5.74, 6) is 0. The molecule has 0 saturated heterocycles. The highest BCUT2D eigenvalue weighted by molar-refractivity contribution is 5.93. The van der Waals surface area contributed by atoms with Crippen LogP contribution in [0.3, 0.4) is 0 Å². The molecule has 0 aliphatic carbocycles. The smallest absolute Gasteiger partial charge is 0.0780 e. The lowest BCUT2D eigenvalue weighted by molar-refractivity contribution is 1.41. The van der Waals surface area contributed by atoms with Gasteiger partial charge in [-0.25, -0.2) is 0 Å². The minimum Gasteiger partial charge on any atom is -0.256 e. The maximum Gasteiger partial charge on any atom is 0.0780 e. The van der Waals surface area contributed by atoms with Gasteiger partial charge in [0.05, 0.1) is 5.52 Å². The summed E-state index contributed by atoms with van der Waals surface area (Å²) < 4.78 is 0. The molecule has 1 heterocycles. The molecule has 19 heavy (non-hydrogen) atoms. The summed E-state index contributed by atoms with van der Waals surface area (Å²) >= 11 is 0. The third-order valence-electron chi connectivity index (χ3n) is 3.21. The van der Waals surface area contributed by atoms with Crippen molar-refractivity contribution >= 4 is 17.0 Å². The van der Waals surface area contributed by atoms with Gasteiger partial charge < -0.3 is 0 Å². The normalized spacial score (nSPS) is 11.2. The Morgan fingerprint density at radius 1 is 0.895 bits per heavy atom. The van der Waals surface area contributed by atoms with Crippen molar-refractivity contribution in [3.8, 4) is 11.1 Å². The van der Waals surface area contributed by atoms with Gasteiger partial charge in [0.2, 0.25) is 0 Å². The van der Waals surface area contributed by atoms with Gasteiger partial charge in [-0.2, -0.15) is 0 Å². The fourth-order valence-electron chi connectivity index (χ4n) is 2.30. The molecule has 0 amide bonds. The van der Waals surface area contributed by atoms with Crippen molar-refractivity contribution in [2.75, 3.05) is 0 Å². The number of hydrogen-bond acceptors (Lipinski definition) is 1. The van der Waals surface area contributed by atoms with E-state index < -0.39 is 0 Å². The van der Waals surface area contributed by atoms with Crippen LogP contribution in [0.5, 0.6) is 0 Å². The molecule has 0 atom stereocenters. The third kappa shape index (κ3) is 2.27. The Labute approximate surface area is 113 Å². The molecule has 2 aromatic carbocycles. The molecule has 3 rings (SSSR count). The van der Waals surface area contributed by atoms with Crippen LogP contribution in [-0.4, -0.2) is 4.98 Å². The summed E-state index contributed by atoms with van der Waals surface area (Å²) in [7, 11) is 0. The van der Waals surface area contributed by atoms with Gasteiger partial charge in [-0.1, -0.05) is 60.7 Å². The van der Waals surface area contributed by atoms with Crippen LogP contribution in [0.2, 0.25) is 0 Å². The zero-order valence-electron chi connectivity index (χ0n) is 10.9. The molecule has 0 radical (unpaired) electrons. The topological polar surface area (TPSA) is 12.9 Å². The van der Waals surface area contributed by atoms with Crippen LogP contribution < -0.4 is 0 Å². The number of hydrogen-bond donors (Lipinski definition) is 0. The van der Waals surface area contributed by atoms with E-state index in [1.807, 2.05) is 19.2 Å². The highest BCUT2D eigenvalue weighted by atomic mass is 14.6. The van der Waals surface area contributed by atoms with Crippen molar-refractivity contribution < 1.29 is 0 Å². The van der Waals surface area contributed by atoms with E-state index in [9.17, 15) is 0 Å². The Hall–Kier alpha value is -2.41. The summed E-state index contributed by atoms with van der Waals surface area (Å²) in [6, 6.07) is 19.0. The summed E-state index contributed by atoms with van der Waals surface area (Å²) in [4.78, 5) is 4.50. The van der Waals surface area contributed by atoms with Crippen LogP contribution in [0.15, 0.2) is 66.9 Å². The number of fused-ring (bicyclic) bond motifs is 1. The molecule has 0 N–H and O–H groups in total. The summed E-state index contributed by atoms with van der Waals surface area (Å²) in [6.45, 7) is 2.03. The number of nitrogens with zero attached hydrogens (tertiary/aromatic N) is 1. The number of benzene rings is 2. The number of pyridine rings is 1. The second-order valence-electron chi connectivity index (χ2n) is 4.50. The Bertz CT molecular complexity index is 719. The molecular weight excluding hydrogens is 230 g/mol. The summed E-state index contributed by atoms with van der Waals surface area (Å²) in [5.41, 5.74) is 4.67. The van der Waals surface area contributed by atoms with E-state index in [0.29, 0.717) is 0 Å². The number of allylic oxidation sites excluding steroid dienone is 1. The molecule has 3 aromatic rings. The Kier molecular flexibility index (Phi) is 3.11. The maximum absolute atomic E-state index is 4.50. The van der Waals surface area contributed by atoms with Crippen LogP contribution in [0.1, 0.15) is 12.5 Å². The average Bonchev–Trinajstić information content (AvgIpc) is 2.48. The van der Waals surface area contributed by atoms with Crippen molar-refractivity contribution in [1.82, 2.24) is 4.98 Å². The number of para-hydroxylation sites is 1. The lowest BCUT2D eigenvalue weighted by atomic mass is 10.0. The van der Waals surface area contributed by atoms with E-state index in [0.717, 1.165) is 5.52 Å². The molecule has 0 saturated carbocycles. The molecule has 1 nitrogen and oxygen atoms in total. The Balaban J connectivity index is 2.13. The molecule has 0 aliphatic rings. The first-order valence-electron chi connectivity index (χ1n) is 6.45. The minimum atomic E-state index is 1.06. The Morgan fingerprint density at radius 2 is 1.68 bits per heavy atom. The third-order valence-corrected chi connectivity index (χ3v) is 3.21. The van der Waals surface area contributed by atoms with E-state index in [1.165, 1.54) is 22.1 Å². The van der Waals surface area contributed by atoms with Crippen molar-refractivity contribution in [2.24, 2.45) is 0 Å². The SMILES string of the molecule is C/C=C/c1ccc(-c2cccc3cccnc23)cc1. The lowest BCUT2D eigenvalue weighted by Gasteiger charge is -2.06. The van der Waals surface area contributed by atoms with Crippen LogP contribution in [0.25, 0.3) is 28.1 Å². The van der Waals surface area contributed by atoms with E-state index in [4.69, 9.17) is 0 Å². The van der Waals surface area contributed by atoms with Crippen molar-refractivity contribution in [1.29, 1.82) is 0 Å². The maximum atomic E-state index is 4.50. The Morgan fingerprint density at radius 3 is 2.47 bits per heavy atom. The first-order valence-corrected chi connectivity index (χ1v) is 6.45. The van der Waals surface area contributed by atoms with Crippen LogP contribution in [0.4, 0.5) is 0 Å². The van der Waals surface area contributed by atoms with E-state index in [-0.39, 0.29) is 0 Å². The fraction of sp³-hybridized carbons (Fsp3) is 0.0556. The van der Waals surface area contributed by atoms with Crippen molar-refractivity contribution in [3.63, 3.8) is 0 Å². The van der Waals surface area contributed by atoms with Gasteiger partial charge in [0.1, 0.15) is 0 Å². The summed E-state index contributed by atoms with van der Waals surface area (Å²) in [6.07, 6.45) is 6.00. The second kappa shape index (κ2) is 5.07. The van der Waals surface area contributed by atoms with E-state index >= 15 is 0 Å². The lowest BCUT2D eigenvalue weighted by Crippen LogP contribution is -1.84.